The molecule has 1 amide bonds. The average Bonchev–Trinajstić information content (AvgIpc) is 2.70. The second-order valence-electron chi connectivity index (χ2n) is 7.15. The second-order valence-corrected chi connectivity index (χ2v) is 9.53. The van der Waals surface area contributed by atoms with Gasteiger partial charge in [-0.2, -0.15) is 4.31 Å². The fraction of sp³-hybridized carbons (Fsp3) is 0.381. The van der Waals surface area contributed by atoms with Crippen LogP contribution in [0.25, 0.3) is 0 Å². The number of rotatable bonds is 6. The summed E-state index contributed by atoms with van der Waals surface area (Å²) in [6, 6.07) is 13.7. The van der Waals surface area contributed by atoms with E-state index < -0.39 is 10.0 Å². The maximum Gasteiger partial charge on any atom is 0.243 e. The molecule has 0 saturated carbocycles. The van der Waals surface area contributed by atoms with E-state index in [1.807, 2.05) is 31.2 Å². The smallest absolute Gasteiger partial charge is 0.243 e. The molecule has 1 saturated heterocycles. The average molecular weight is 421 g/mol. The number of piperidine rings is 1. The third kappa shape index (κ3) is 5.13. The number of likely N-dealkylation sites (tertiary alicyclic amines) is 1. The van der Waals surface area contributed by atoms with Crippen molar-refractivity contribution in [3.05, 3.63) is 64.7 Å². The molecule has 1 heterocycles. The molecule has 0 aromatic heterocycles. The molecule has 5 nitrogen and oxygen atoms in total. The molecule has 1 aliphatic heterocycles. The van der Waals surface area contributed by atoms with Gasteiger partial charge >= 0.3 is 0 Å². The molecule has 1 fully saturated rings. The first-order valence-corrected chi connectivity index (χ1v) is 11.3. The predicted molar refractivity (Wildman–Crippen MR) is 111 cm³/mol. The molecular weight excluding hydrogens is 396 g/mol. The molecule has 2 aromatic carbocycles. The van der Waals surface area contributed by atoms with Crippen LogP contribution in [-0.4, -0.2) is 43.2 Å². The number of hydrogen-bond acceptors (Lipinski definition) is 3. The van der Waals surface area contributed by atoms with E-state index in [-0.39, 0.29) is 23.9 Å². The first kappa shape index (κ1) is 20.8. The second kappa shape index (κ2) is 9.07. The van der Waals surface area contributed by atoms with Crippen molar-refractivity contribution < 1.29 is 13.2 Å². The highest BCUT2D eigenvalue weighted by molar-refractivity contribution is 7.89. The molecule has 0 radical (unpaired) electrons. The lowest BCUT2D eigenvalue weighted by molar-refractivity contribution is -0.132. The summed E-state index contributed by atoms with van der Waals surface area (Å²) in [6.07, 6.45) is 3.04. The Labute approximate surface area is 172 Å². The summed E-state index contributed by atoms with van der Waals surface area (Å²) >= 11 is 5.90. The van der Waals surface area contributed by atoms with E-state index in [1.54, 1.807) is 17.0 Å². The number of carbonyl (C=O) groups excluding carboxylic acids is 1. The van der Waals surface area contributed by atoms with Gasteiger partial charge in [0.15, 0.2) is 0 Å². The maximum atomic E-state index is 13.2. The summed E-state index contributed by atoms with van der Waals surface area (Å²) in [7, 11) is -3.83. The molecule has 0 atom stereocenters. The number of hydrogen-bond donors (Lipinski definition) is 0. The van der Waals surface area contributed by atoms with Crippen LogP contribution in [0.5, 0.6) is 0 Å². The molecule has 3 rings (SSSR count). The molecular formula is C21H25ClN2O3S. The SMILES string of the molecule is Cc1ccc(CN(CC(=O)N2CCCCC2)S(=O)(=O)c2ccc(Cl)cc2)cc1. The van der Waals surface area contributed by atoms with Gasteiger partial charge in [-0.1, -0.05) is 41.4 Å². The van der Waals surface area contributed by atoms with Crippen molar-refractivity contribution >= 4 is 27.5 Å². The zero-order chi connectivity index (χ0) is 20.1. The van der Waals surface area contributed by atoms with Crippen LogP contribution in [0.4, 0.5) is 0 Å². The van der Waals surface area contributed by atoms with Crippen molar-refractivity contribution in [2.75, 3.05) is 19.6 Å². The van der Waals surface area contributed by atoms with Crippen LogP contribution in [0.2, 0.25) is 5.02 Å². The lowest BCUT2D eigenvalue weighted by Gasteiger charge is -2.29. The van der Waals surface area contributed by atoms with E-state index in [4.69, 9.17) is 11.6 Å². The third-order valence-corrected chi connectivity index (χ3v) is 7.01. The van der Waals surface area contributed by atoms with E-state index in [1.165, 1.54) is 16.4 Å². The number of benzene rings is 2. The number of amides is 1. The van der Waals surface area contributed by atoms with Gasteiger partial charge < -0.3 is 4.90 Å². The summed E-state index contributed by atoms with van der Waals surface area (Å²) in [5.74, 6) is -0.149. The van der Waals surface area contributed by atoms with E-state index in [0.29, 0.717) is 18.1 Å². The molecule has 0 aliphatic carbocycles. The Hall–Kier alpha value is -1.89. The van der Waals surface area contributed by atoms with Crippen molar-refractivity contribution in [3.63, 3.8) is 0 Å². The molecule has 0 spiro atoms. The Kier molecular flexibility index (Phi) is 6.75. The molecule has 0 N–H and O–H groups in total. The monoisotopic (exact) mass is 420 g/mol. The first-order chi connectivity index (χ1) is 13.4. The summed E-state index contributed by atoms with van der Waals surface area (Å²) < 4.78 is 27.8. The molecule has 0 unspecified atom stereocenters. The lowest BCUT2D eigenvalue weighted by atomic mass is 10.1. The van der Waals surface area contributed by atoms with Gasteiger partial charge in [0, 0.05) is 24.7 Å². The molecule has 28 heavy (non-hydrogen) atoms. The van der Waals surface area contributed by atoms with Crippen molar-refractivity contribution in [1.82, 2.24) is 9.21 Å². The van der Waals surface area contributed by atoms with Gasteiger partial charge in [-0.15, -0.1) is 0 Å². The van der Waals surface area contributed by atoms with Gasteiger partial charge in [0.2, 0.25) is 15.9 Å². The highest BCUT2D eigenvalue weighted by Gasteiger charge is 2.29. The van der Waals surface area contributed by atoms with Crippen LogP contribution in [0, 0.1) is 6.92 Å². The number of halogens is 1. The number of sulfonamides is 1. The Balaban J connectivity index is 1.87. The minimum atomic E-state index is -3.83. The maximum absolute atomic E-state index is 13.2. The fourth-order valence-corrected chi connectivity index (χ4v) is 4.78. The van der Waals surface area contributed by atoms with Crippen molar-refractivity contribution in [3.8, 4) is 0 Å². The number of carbonyl (C=O) groups is 1. The number of nitrogens with zero attached hydrogens (tertiary/aromatic N) is 2. The zero-order valence-corrected chi connectivity index (χ0v) is 17.5. The summed E-state index contributed by atoms with van der Waals surface area (Å²) in [6.45, 7) is 3.34. The topological polar surface area (TPSA) is 57.7 Å². The van der Waals surface area contributed by atoms with Gasteiger partial charge in [0.25, 0.3) is 0 Å². The first-order valence-electron chi connectivity index (χ1n) is 9.45. The Bertz CT molecular complexity index is 906. The third-order valence-electron chi connectivity index (χ3n) is 4.95. The Morgan fingerprint density at radius 2 is 1.61 bits per heavy atom. The van der Waals surface area contributed by atoms with Gasteiger partial charge in [0.05, 0.1) is 11.4 Å². The summed E-state index contributed by atoms with van der Waals surface area (Å²) in [5, 5.41) is 0.466. The lowest BCUT2D eigenvalue weighted by Crippen LogP contribution is -2.44. The minimum Gasteiger partial charge on any atom is -0.342 e. The molecule has 0 bridgehead atoms. The van der Waals surface area contributed by atoms with Gasteiger partial charge in [-0.25, -0.2) is 8.42 Å². The van der Waals surface area contributed by atoms with Gasteiger partial charge in [-0.05, 0) is 56.0 Å². The minimum absolute atomic E-state index is 0.135. The van der Waals surface area contributed by atoms with Crippen molar-refractivity contribution in [2.45, 2.75) is 37.6 Å². The normalized spacial score (nSPS) is 15.0. The van der Waals surface area contributed by atoms with E-state index in [2.05, 4.69) is 0 Å². The highest BCUT2D eigenvalue weighted by atomic mass is 35.5. The standard InChI is InChI=1S/C21H25ClN2O3S/c1-17-5-7-18(8-6-17)15-24(16-21(25)23-13-3-2-4-14-23)28(26,27)20-11-9-19(22)10-12-20/h5-12H,2-4,13-16H2,1H3. The van der Waals surface area contributed by atoms with Crippen LogP contribution < -0.4 is 0 Å². The predicted octanol–water partition coefficient (Wildman–Crippen LogP) is 3.85. The molecule has 150 valence electrons. The summed E-state index contributed by atoms with van der Waals surface area (Å²) in [4.78, 5) is 14.7. The molecule has 1 aliphatic rings. The van der Waals surface area contributed by atoms with Crippen LogP contribution in [-0.2, 0) is 21.4 Å². The Morgan fingerprint density at radius 1 is 1.00 bits per heavy atom. The Morgan fingerprint density at radius 3 is 2.21 bits per heavy atom. The zero-order valence-electron chi connectivity index (χ0n) is 16.0. The highest BCUT2D eigenvalue weighted by Crippen LogP contribution is 2.21. The van der Waals surface area contributed by atoms with E-state index in [9.17, 15) is 13.2 Å². The van der Waals surface area contributed by atoms with E-state index >= 15 is 0 Å². The van der Waals surface area contributed by atoms with Gasteiger partial charge in [-0.3, -0.25) is 4.79 Å². The van der Waals surface area contributed by atoms with Crippen LogP contribution >= 0.6 is 11.6 Å². The van der Waals surface area contributed by atoms with Crippen molar-refractivity contribution in [1.29, 1.82) is 0 Å². The largest absolute Gasteiger partial charge is 0.342 e. The van der Waals surface area contributed by atoms with Crippen LogP contribution in [0.15, 0.2) is 53.4 Å². The molecule has 7 heteroatoms. The summed E-state index contributed by atoms with van der Waals surface area (Å²) in [5.41, 5.74) is 1.94. The fourth-order valence-electron chi connectivity index (χ4n) is 3.27. The van der Waals surface area contributed by atoms with Crippen molar-refractivity contribution in [2.24, 2.45) is 0 Å². The van der Waals surface area contributed by atoms with Crippen LogP contribution in [0.1, 0.15) is 30.4 Å². The van der Waals surface area contributed by atoms with Gasteiger partial charge in [0.1, 0.15) is 0 Å². The number of aryl methyl sites for hydroxylation is 1. The quantitative estimate of drug-likeness (QED) is 0.713. The van der Waals surface area contributed by atoms with E-state index in [0.717, 1.165) is 30.4 Å². The molecule has 2 aromatic rings. The van der Waals surface area contributed by atoms with Crippen LogP contribution in [0.3, 0.4) is 0 Å².